The van der Waals surface area contributed by atoms with E-state index in [4.69, 9.17) is 9.94 Å². The average molecular weight is 398 g/mol. The van der Waals surface area contributed by atoms with Gasteiger partial charge in [-0.15, -0.1) is 0 Å². The first-order valence-electron chi connectivity index (χ1n) is 7.64. The van der Waals surface area contributed by atoms with Gasteiger partial charge in [0.05, 0.1) is 12.2 Å². The first-order valence-corrected chi connectivity index (χ1v) is 8.45. The Hall–Kier alpha value is -2.72. The molecule has 1 aliphatic rings. The van der Waals surface area contributed by atoms with E-state index < -0.39 is 17.3 Å². The topological polar surface area (TPSA) is 78.9 Å². The fraction of sp³-hybridized carbons (Fsp3) is 0.176. The zero-order chi connectivity index (χ0) is 19.6. The van der Waals surface area contributed by atoms with Gasteiger partial charge in [0, 0.05) is 10.5 Å². The number of amides is 2. The fourth-order valence-corrected chi connectivity index (χ4v) is 3.27. The van der Waals surface area contributed by atoms with Gasteiger partial charge in [-0.1, -0.05) is 18.2 Å². The molecule has 0 radical (unpaired) electrons. The van der Waals surface area contributed by atoms with Crippen LogP contribution in [0.3, 0.4) is 0 Å². The minimum absolute atomic E-state index is 0.0184. The van der Waals surface area contributed by atoms with Gasteiger partial charge in [-0.25, -0.2) is 5.48 Å². The zero-order valence-electron chi connectivity index (χ0n) is 13.6. The number of halogens is 3. The maximum absolute atomic E-state index is 12.8. The molecule has 2 N–H and O–H groups in total. The van der Waals surface area contributed by atoms with E-state index >= 15 is 0 Å². The quantitative estimate of drug-likeness (QED) is 0.469. The monoisotopic (exact) mass is 398 g/mol. The zero-order valence-corrected chi connectivity index (χ0v) is 14.4. The first kappa shape index (κ1) is 19.1. The van der Waals surface area contributed by atoms with E-state index in [0.717, 1.165) is 0 Å². The Kier molecular flexibility index (Phi) is 5.29. The highest BCUT2D eigenvalue weighted by Crippen LogP contribution is 2.40. The predicted octanol–water partition coefficient (Wildman–Crippen LogP) is 3.34. The van der Waals surface area contributed by atoms with Crippen molar-refractivity contribution in [1.29, 1.82) is 0 Å². The van der Waals surface area contributed by atoms with Gasteiger partial charge >= 0.3 is 5.51 Å². The van der Waals surface area contributed by atoms with Crippen LogP contribution in [0.4, 0.5) is 18.9 Å². The molecule has 0 atom stereocenters. The van der Waals surface area contributed by atoms with Gasteiger partial charge in [0.1, 0.15) is 5.75 Å². The molecule has 142 valence electrons. The van der Waals surface area contributed by atoms with Crippen LogP contribution >= 0.6 is 11.8 Å². The minimum Gasteiger partial charge on any atom is -0.482 e. The number of rotatable bonds is 4. The van der Waals surface area contributed by atoms with Crippen molar-refractivity contribution in [2.24, 2.45) is 0 Å². The molecular formula is C17H13F3N2O4S. The van der Waals surface area contributed by atoms with E-state index in [9.17, 15) is 22.8 Å². The van der Waals surface area contributed by atoms with Crippen molar-refractivity contribution in [3.05, 3.63) is 53.6 Å². The lowest BCUT2D eigenvalue weighted by atomic mass is 10.1. The Morgan fingerprint density at radius 2 is 2.00 bits per heavy atom. The van der Waals surface area contributed by atoms with E-state index in [-0.39, 0.29) is 41.1 Å². The van der Waals surface area contributed by atoms with Crippen molar-refractivity contribution in [3.63, 3.8) is 0 Å². The molecule has 6 nitrogen and oxygen atoms in total. The molecule has 1 heterocycles. The Morgan fingerprint density at radius 3 is 2.70 bits per heavy atom. The second kappa shape index (κ2) is 7.49. The summed E-state index contributed by atoms with van der Waals surface area (Å²) in [6.07, 6.45) is 0. The van der Waals surface area contributed by atoms with Gasteiger partial charge in [0.15, 0.2) is 6.61 Å². The summed E-state index contributed by atoms with van der Waals surface area (Å²) in [5, 5.41) is 8.77. The summed E-state index contributed by atoms with van der Waals surface area (Å²) in [5.41, 5.74) is -2.37. The standard InChI is InChI=1S/C17H13F3N2O4S/c18-17(19,20)27-14-4-2-1-3-11(14)8-22-12-7-10(16(24)21-25)5-6-13(12)26-9-15(22)23/h1-7,25H,8-9H2,(H,21,24). The van der Waals surface area contributed by atoms with Crippen LogP contribution in [0.1, 0.15) is 15.9 Å². The molecule has 0 spiro atoms. The van der Waals surface area contributed by atoms with Crippen LogP contribution in [-0.2, 0) is 11.3 Å². The molecule has 0 aliphatic carbocycles. The number of benzene rings is 2. The number of hydroxylamine groups is 1. The number of hydrogen-bond donors (Lipinski definition) is 2. The van der Waals surface area contributed by atoms with Crippen molar-refractivity contribution in [2.75, 3.05) is 11.5 Å². The van der Waals surface area contributed by atoms with Crippen molar-refractivity contribution < 1.29 is 32.7 Å². The molecule has 0 aromatic heterocycles. The Morgan fingerprint density at radius 1 is 1.26 bits per heavy atom. The number of alkyl halides is 3. The maximum atomic E-state index is 12.8. The molecule has 0 unspecified atom stereocenters. The number of nitrogens with one attached hydrogen (secondary N) is 1. The van der Waals surface area contributed by atoms with E-state index in [1.807, 2.05) is 0 Å². The molecule has 0 bridgehead atoms. The minimum atomic E-state index is -4.46. The van der Waals surface area contributed by atoms with Crippen molar-refractivity contribution in [2.45, 2.75) is 16.9 Å². The number of ether oxygens (including phenoxy) is 1. The lowest BCUT2D eigenvalue weighted by Gasteiger charge is -2.30. The fourth-order valence-electron chi connectivity index (χ4n) is 2.61. The molecule has 1 aliphatic heterocycles. The molecule has 2 amide bonds. The molecule has 0 fully saturated rings. The molecule has 10 heteroatoms. The van der Waals surface area contributed by atoms with Gasteiger partial charge in [-0.05, 0) is 41.6 Å². The molecular weight excluding hydrogens is 385 g/mol. The number of thioether (sulfide) groups is 1. The third-order valence-corrected chi connectivity index (χ3v) is 4.64. The van der Waals surface area contributed by atoms with Gasteiger partial charge in [0.2, 0.25) is 0 Å². The Labute approximate surface area is 155 Å². The number of nitrogens with zero attached hydrogens (tertiary/aromatic N) is 1. The number of fused-ring (bicyclic) bond motifs is 1. The second-order valence-electron chi connectivity index (χ2n) is 5.55. The van der Waals surface area contributed by atoms with E-state index in [1.54, 1.807) is 6.07 Å². The van der Waals surface area contributed by atoms with Crippen molar-refractivity contribution in [1.82, 2.24) is 5.48 Å². The van der Waals surface area contributed by atoms with Gasteiger partial charge in [-0.3, -0.25) is 14.8 Å². The summed E-state index contributed by atoms with van der Waals surface area (Å²) in [6.45, 7) is -0.397. The highest BCUT2D eigenvalue weighted by molar-refractivity contribution is 8.00. The van der Waals surface area contributed by atoms with Crippen LogP contribution in [0.25, 0.3) is 0 Å². The lowest BCUT2D eigenvalue weighted by Crippen LogP contribution is -2.38. The number of anilines is 1. The SMILES string of the molecule is O=C(NO)c1ccc2c(c1)N(Cc1ccccc1SC(F)(F)F)C(=O)CO2. The molecule has 0 saturated carbocycles. The molecule has 27 heavy (non-hydrogen) atoms. The number of carbonyl (C=O) groups excluding carboxylic acids is 2. The predicted molar refractivity (Wildman–Crippen MR) is 90.7 cm³/mol. The van der Waals surface area contributed by atoms with E-state index in [1.165, 1.54) is 46.8 Å². The Bertz CT molecular complexity index is 889. The molecule has 2 aromatic carbocycles. The van der Waals surface area contributed by atoms with Crippen molar-refractivity contribution >= 4 is 29.3 Å². The van der Waals surface area contributed by atoms with Crippen LogP contribution in [0.2, 0.25) is 0 Å². The molecule has 0 saturated heterocycles. The first-order chi connectivity index (χ1) is 12.8. The van der Waals surface area contributed by atoms with Crippen LogP contribution in [0.15, 0.2) is 47.4 Å². The second-order valence-corrected chi connectivity index (χ2v) is 6.65. The van der Waals surface area contributed by atoms with Crippen molar-refractivity contribution in [3.8, 4) is 5.75 Å². The number of hydrogen-bond acceptors (Lipinski definition) is 5. The van der Waals surface area contributed by atoms with E-state index in [0.29, 0.717) is 11.3 Å². The maximum Gasteiger partial charge on any atom is 0.446 e. The van der Waals surface area contributed by atoms with Crippen LogP contribution in [0.5, 0.6) is 5.75 Å². The highest BCUT2D eigenvalue weighted by Gasteiger charge is 2.32. The van der Waals surface area contributed by atoms with Gasteiger partial charge in [-0.2, -0.15) is 13.2 Å². The molecule has 2 aromatic rings. The molecule has 3 rings (SSSR count). The van der Waals surface area contributed by atoms with Crippen LogP contribution < -0.4 is 15.1 Å². The Balaban J connectivity index is 1.97. The summed E-state index contributed by atoms with van der Waals surface area (Å²) in [6, 6.07) is 10.1. The summed E-state index contributed by atoms with van der Waals surface area (Å²) >= 11 is -0.256. The summed E-state index contributed by atoms with van der Waals surface area (Å²) < 4.78 is 43.7. The smallest absolute Gasteiger partial charge is 0.446 e. The van der Waals surface area contributed by atoms with E-state index in [2.05, 4.69) is 0 Å². The normalized spacial score (nSPS) is 13.8. The highest BCUT2D eigenvalue weighted by atomic mass is 32.2. The largest absolute Gasteiger partial charge is 0.482 e. The third kappa shape index (κ3) is 4.34. The van der Waals surface area contributed by atoms with Gasteiger partial charge in [0.25, 0.3) is 11.8 Å². The summed E-state index contributed by atoms with van der Waals surface area (Å²) in [4.78, 5) is 25.2. The van der Waals surface area contributed by atoms with Gasteiger partial charge < -0.3 is 9.64 Å². The lowest BCUT2D eigenvalue weighted by molar-refractivity contribution is -0.121. The van der Waals surface area contributed by atoms with Crippen LogP contribution in [0, 0.1) is 0 Å². The number of carbonyl (C=O) groups is 2. The third-order valence-electron chi connectivity index (χ3n) is 3.79. The average Bonchev–Trinajstić information content (AvgIpc) is 2.63. The summed E-state index contributed by atoms with van der Waals surface area (Å²) in [7, 11) is 0. The summed E-state index contributed by atoms with van der Waals surface area (Å²) in [5.74, 6) is -0.940. The van der Waals surface area contributed by atoms with Crippen LogP contribution in [-0.4, -0.2) is 29.1 Å².